The van der Waals surface area contributed by atoms with Crippen molar-refractivity contribution in [3.63, 3.8) is 0 Å². The number of carbonyl (C=O) groups is 1. The molecule has 1 fully saturated rings. The monoisotopic (exact) mass is 235 g/mol. The lowest BCUT2D eigenvalue weighted by Crippen LogP contribution is -2.30. The number of aryl methyl sites for hydroxylation is 1. The molecule has 0 spiro atoms. The molecule has 17 heavy (non-hydrogen) atoms. The molecule has 1 aliphatic rings. The molecule has 0 radical (unpaired) electrons. The van der Waals surface area contributed by atoms with Gasteiger partial charge in [-0.25, -0.2) is 0 Å². The Morgan fingerprint density at radius 2 is 2.29 bits per heavy atom. The summed E-state index contributed by atoms with van der Waals surface area (Å²) in [7, 11) is 0. The fourth-order valence-electron chi connectivity index (χ4n) is 1.68. The van der Waals surface area contributed by atoms with Crippen molar-refractivity contribution < 1.29 is 14.6 Å². The molecule has 1 saturated carbocycles. The Bertz CT molecular complexity index is 413. The van der Waals surface area contributed by atoms with Gasteiger partial charge in [0, 0.05) is 11.6 Å². The molecular weight excluding hydrogens is 218 g/mol. The molecule has 2 N–H and O–H groups in total. The number of rotatable bonds is 5. The highest BCUT2D eigenvalue weighted by atomic mass is 16.5. The average molecular weight is 235 g/mol. The molecule has 1 aromatic rings. The summed E-state index contributed by atoms with van der Waals surface area (Å²) in [4.78, 5) is 11.5. The van der Waals surface area contributed by atoms with Gasteiger partial charge >= 0.3 is 0 Å². The van der Waals surface area contributed by atoms with E-state index in [0.29, 0.717) is 17.4 Å². The van der Waals surface area contributed by atoms with Crippen LogP contribution in [0.2, 0.25) is 0 Å². The predicted octanol–water partition coefficient (Wildman–Crippen LogP) is 1.14. The number of para-hydroxylation sites is 1. The summed E-state index contributed by atoms with van der Waals surface area (Å²) in [5.41, 5.74) is 1.64. The smallest absolute Gasteiger partial charge is 0.258 e. The van der Waals surface area contributed by atoms with Crippen molar-refractivity contribution in [2.45, 2.75) is 32.4 Å². The summed E-state index contributed by atoms with van der Waals surface area (Å²) in [5.74, 6) is 0.514. The average Bonchev–Trinajstić information content (AvgIpc) is 3.11. The van der Waals surface area contributed by atoms with Crippen molar-refractivity contribution >= 4 is 5.91 Å². The molecular formula is C13H17NO3. The van der Waals surface area contributed by atoms with E-state index in [0.717, 1.165) is 18.4 Å². The Labute approximate surface area is 101 Å². The number of benzene rings is 1. The quantitative estimate of drug-likeness (QED) is 0.804. The molecule has 4 nitrogen and oxygen atoms in total. The lowest BCUT2D eigenvalue weighted by atomic mass is 10.1. The highest BCUT2D eigenvalue weighted by Gasteiger charge is 2.23. The van der Waals surface area contributed by atoms with Crippen LogP contribution in [0.25, 0.3) is 0 Å². The largest absolute Gasteiger partial charge is 0.483 e. The summed E-state index contributed by atoms with van der Waals surface area (Å²) >= 11 is 0. The molecule has 92 valence electrons. The number of hydrogen-bond acceptors (Lipinski definition) is 3. The molecule has 0 atom stereocenters. The van der Waals surface area contributed by atoms with Crippen molar-refractivity contribution in [2.24, 2.45) is 0 Å². The second-order valence-corrected chi connectivity index (χ2v) is 4.35. The maximum atomic E-state index is 11.5. The van der Waals surface area contributed by atoms with E-state index in [4.69, 9.17) is 4.74 Å². The summed E-state index contributed by atoms with van der Waals surface area (Å²) in [6.45, 7) is 1.82. The molecule has 4 heteroatoms. The summed E-state index contributed by atoms with van der Waals surface area (Å²) in [5, 5.41) is 12.0. The molecule has 0 heterocycles. The van der Waals surface area contributed by atoms with E-state index in [9.17, 15) is 9.90 Å². The Balaban J connectivity index is 1.94. The van der Waals surface area contributed by atoms with E-state index in [1.807, 2.05) is 19.1 Å². The van der Waals surface area contributed by atoms with Crippen LogP contribution in [0.3, 0.4) is 0 Å². The fraction of sp³-hybridized carbons (Fsp3) is 0.462. The van der Waals surface area contributed by atoms with Crippen LogP contribution >= 0.6 is 0 Å². The van der Waals surface area contributed by atoms with Crippen LogP contribution in [0.4, 0.5) is 0 Å². The lowest BCUT2D eigenvalue weighted by molar-refractivity contribution is -0.123. The van der Waals surface area contributed by atoms with Crippen LogP contribution in [-0.4, -0.2) is 23.7 Å². The summed E-state index contributed by atoms with van der Waals surface area (Å²) < 4.78 is 5.48. The number of aliphatic hydroxyl groups is 1. The van der Waals surface area contributed by atoms with Crippen LogP contribution in [0, 0.1) is 6.92 Å². The first-order valence-corrected chi connectivity index (χ1v) is 5.82. The summed E-state index contributed by atoms with van der Waals surface area (Å²) in [6.07, 6.45) is 2.13. The number of nitrogens with one attached hydrogen (secondary N) is 1. The van der Waals surface area contributed by atoms with Gasteiger partial charge < -0.3 is 15.2 Å². The SMILES string of the molecule is Cc1cccc(CO)c1OCC(=O)NC1CC1. The van der Waals surface area contributed by atoms with E-state index < -0.39 is 0 Å². The molecule has 0 aliphatic heterocycles. The number of amides is 1. The van der Waals surface area contributed by atoms with Crippen molar-refractivity contribution in [2.75, 3.05) is 6.61 Å². The number of aliphatic hydroxyl groups excluding tert-OH is 1. The van der Waals surface area contributed by atoms with Crippen LogP contribution in [0.1, 0.15) is 24.0 Å². The number of carbonyl (C=O) groups excluding carboxylic acids is 1. The molecule has 0 aromatic heterocycles. The highest BCUT2D eigenvalue weighted by Crippen LogP contribution is 2.23. The zero-order chi connectivity index (χ0) is 12.3. The number of ether oxygens (including phenoxy) is 1. The second-order valence-electron chi connectivity index (χ2n) is 4.35. The number of hydrogen-bond donors (Lipinski definition) is 2. The first-order valence-electron chi connectivity index (χ1n) is 5.82. The maximum Gasteiger partial charge on any atom is 0.258 e. The molecule has 1 amide bonds. The van der Waals surface area contributed by atoms with Gasteiger partial charge in [-0.1, -0.05) is 18.2 Å². The van der Waals surface area contributed by atoms with Gasteiger partial charge in [0.1, 0.15) is 5.75 Å². The first-order chi connectivity index (χ1) is 8.20. The zero-order valence-corrected chi connectivity index (χ0v) is 9.90. The van der Waals surface area contributed by atoms with Crippen LogP contribution in [-0.2, 0) is 11.4 Å². The van der Waals surface area contributed by atoms with Crippen LogP contribution in [0.5, 0.6) is 5.75 Å². The van der Waals surface area contributed by atoms with Gasteiger partial charge in [0.25, 0.3) is 5.91 Å². The van der Waals surface area contributed by atoms with E-state index in [2.05, 4.69) is 5.32 Å². The van der Waals surface area contributed by atoms with Crippen molar-refractivity contribution in [1.29, 1.82) is 0 Å². The van der Waals surface area contributed by atoms with Gasteiger partial charge in [0.15, 0.2) is 6.61 Å². The summed E-state index contributed by atoms with van der Waals surface area (Å²) in [6, 6.07) is 5.90. The van der Waals surface area contributed by atoms with Gasteiger partial charge in [-0.2, -0.15) is 0 Å². The molecule has 0 saturated heterocycles. The normalized spacial score (nSPS) is 14.5. The Hall–Kier alpha value is -1.55. The highest BCUT2D eigenvalue weighted by molar-refractivity contribution is 5.78. The van der Waals surface area contributed by atoms with Gasteiger partial charge in [-0.3, -0.25) is 4.79 Å². The molecule has 0 bridgehead atoms. The first kappa shape index (κ1) is 11.9. The van der Waals surface area contributed by atoms with E-state index >= 15 is 0 Å². The third-order valence-corrected chi connectivity index (χ3v) is 2.75. The second kappa shape index (κ2) is 5.19. The Kier molecular flexibility index (Phi) is 3.64. The minimum Gasteiger partial charge on any atom is -0.483 e. The van der Waals surface area contributed by atoms with Gasteiger partial charge in [0.2, 0.25) is 0 Å². The van der Waals surface area contributed by atoms with Crippen molar-refractivity contribution in [1.82, 2.24) is 5.32 Å². The van der Waals surface area contributed by atoms with Crippen LogP contribution < -0.4 is 10.1 Å². The lowest BCUT2D eigenvalue weighted by Gasteiger charge is -2.12. The van der Waals surface area contributed by atoms with Crippen LogP contribution in [0.15, 0.2) is 18.2 Å². The van der Waals surface area contributed by atoms with Gasteiger partial charge in [-0.15, -0.1) is 0 Å². The minimum atomic E-state index is -0.0976. The molecule has 2 rings (SSSR count). The standard InChI is InChI=1S/C13H17NO3/c1-9-3-2-4-10(7-15)13(9)17-8-12(16)14-11-5-6-11/h2-4,11,15H,5-8H2,1H3,(H,14,16). The maximum absolute atomic E-state index is 11.5. The van der Waals surface area contributed by atoms with E-state index in [1.165, 1.54) is 0 Å². The third kappa shape index (κ3) is 3.20. The molecule has 1 aliphatic carbocycles. The molecule has 1 aromatic carbocycles. The Morgan fingerprint density at radius 1 is 1.53 bits per heavy atom. The van der Waals surface area contributed by atoms with Crippen molar-refractivity contribution in [3.8, 4) is 5.75 Å². The fourth-order valence-corrected chi connectivity index (χ4v) is 1.68. The molecule has 0 unspecified atom stereocenters. The third-order valence-electron chi connectivity index (χ3n) is 2.75. The van der Waals surface area contributed by atoms with Gasteiger partial charge in [0.05, 0.1) is 6.61 Å². The van der Waals surface area contributed by atoms with E-state index in [-0.39, 0.29) is 19.1 Å². The Morgan fingerprint density at radius 3 is 2.94 bits per heavy atom. The zero-order valence-electron chi connectivity index (χ0n) is 9.90. The predicted molar refractivity (Wildman–Crippen MR) is 63.8 cm³/mol. The minimum absolute atomic E-state index is 0.00829. The van der Waals surface area contributed by atoms with E-state index in [1.54, 1.807) is 6.07 Å². The van der Waals surface area contributed by atoms with Crippen molar-refractivity contribution in [3.05, 3.63) is 29.3 Å². The topological polar surface area (TPSA) is 58.6 Å². The van der Waals surface area contributed by atoms with Gasteiger partial charge in [-0.05, 0) is 25.3 Å².